The predicted molar refractivity (Wildman–Crippen MR) is 82.3 cm³/mol. The van der Waals surface area contributed by atoms with Gasteiger partial charge in [0.25, 0.3) is 0 Å². The summed E-state index contributed by atoms with van der Waals surface area (Å²) in [5.41, 5.74) is 10.3. The van der Waals surface area contributed by atoms with Gasteiger partial charge in [0, 0.05) is 18.6 Å². The molecule has 1 fully saturated rings. The van der Waals surface area contributed by atoms with Gasteiger partial charge < -0.3 is 10.6 Å². The molecule has 1 aromatic rings. The normalized spacial score (nSPS) is 18.8. The Morgan fingerprint density at radius 1 is 1.16 bits per heavy atom. The molecule has 1 aromatic carbocycles. The summed E-state index contributed by atoms with van der Waals surface area (Å²) >= 11 is 0. The average molecular weight is 260 g/mol. The highest BCUT2D eigenvalue weighted by Gasteiger charge is 2.20. The van der Waals surface area contributed by atoms with E-state index in [9.17, 15) is 0 Å². The van der Waals surface area contributed by atoms with Gasteiger partial charge in [0.05, 0.1) is 0 Å². The molecule has 1 aliphatic rings. The van der Waals surface area contributed by atoms with Crippen LogP contribution in [0.25, 0.3) is 0 Å². The summed E-state index contributed by atoms with van der Waals surface area (Å²) in [6.07, 6.45) is 6.86. The van der Waals surface area contributed by atoms with E-state index < -0.39 is 0 Å². The maximum Gasteiger partial charge on any atom is 0.0424 e. The third kappa shape index (κ3) is 3.80. The van der Waals surface area contributed by atoms with Crippen molar-refractivity contribution in [3.05, 3.63) is 34.9 Å². The van der Waals surface area contributed by atoms with E-state index in [4.69, 9.17) is 5.73 Å². The van der Waals surface area contributed by atoms with Crippen LogP contribution in [0.5, 0.6) is 0 Å². The molecule has 0 radical (unpaired) electrons. The first kappa shape index (κ1) is 14.5. The van der Waals surface area contributed by atoms with Gasteiger partial charge in [0.2, 0.25) is 0 Å². The lowest BCUT2D eigenvalue weighted by molar-refractivity contribution is 0.182. The molecule has 2 nitrogen and oxygen atoms in total. The van der Waals surface area contributed by atoms with Gasteiger partial charge in [-0.2, -0.15) is 0 Å². The third-order valence-corrected chi connectivity index (χ3v) is 4.64. The van der Waals surface area contributed by atoms with E-state index in [1.54, 1.807) is 0 Å². The van der Waals surface area contributed by atoms with Crippen molar-refractivity contribution in [2.45, 2.75) is 58.0 Å². The van der Waals surface area contributed by atoms with Crippen LogP contribution in [-0.4, -0.2) is 24.5 Å². The van der Waals surface area contributed by atoms with E-state index in [1.807, 2.05) is 0 Å². The zero-order valence-electron chi connectivity index (χ0n) is 12.7. The predicted octanol–water partition coefficient (Wildman–Crippen LogP) is 3.57. The number of nitrogens with two attached hydrogens (primary N) is 1. The second kappa shape index (κ2) is 6.53. The lowest BCUT2D eigenvalue weighted by Crippen LogP contribution is -2.38. The molecule has 1 saturated carbocycles. The summed E-state index contributed by atoms with van der Waals surface area (Å²) in [6.45, 7) is 5.28. The van der Waals surface area contributed by atoms with Crippen molar-refractivity contribution in [2.75, 3.05) is 13.6 Å². The zero-order chi connectivity index (χ0) is 13.8. The van der Waals surface area contributed by atoms with Crippen LogP contribution in [0.3, 0.4) is 0 Å². The maximum atomic E-state index is 6.38. The summed E-state index contributed by atoms with van der Waals surface area (Å²) in [5, 5.41) is 0. The molecule has 2 heteroatoms. The van der Waals surface area contributed by atoms with Crippen molar-refractivity contribution >= 4 is 0 Å². The van der Waals surface area contributed by atoms with Gasteiger partial charge in [-0.25, -0.2) is 0 Å². The Balaban J connectivity index is 1.95. The van der Waals surface area contributed by atoms with E-state index in [0.29, 0.717) is 0 Å². The standard InChI is InChI=1S/C17H28N2/c1-13-9-10-15(11-14(13)2)17(18)12-19(3)16-7-5-4-6-8-16/h9-11,16-17H,4-8,12,18H2,1-3H3. The van der Waals surface area contributed by atoms with Crippen LogP contribution in [0.15, 0.2) is 18.2 Å². The highest BCUT2D eigenvalue weighted by Crippen LogP contribution is 2.23. The van der Waals surface area contributed by atoms with E-state index in [-0.39, 0.29) is 6.04 Å². The number of hydrogen-bond acceptors (Lipinski definition) is 2. The Kier molecular flexibility index (Phi) is 5.00. The summed E-state index contributed by atoms with van der Waals surface area (Å²) in [7, 11) is 2.23. The number of rotatable bonds is 4. The average Bonchev–Trinajstić information content (AvgIpc) is 2.42. The fourth-order valence-electron chi connectivity index (χ4n) is 3.08. The van der Waals surface area contributed by atoms with Gasteiger partial charge >= 0.3 is 0 Å². The zero-order valence-corrected chi connectivity index (χ0v) is 12.7. The van der Waals surface area contributed by atoms with Gasteiger partial charge in [0.1, 0.15) is 0 Å². The van der Waals surface area contributed by atoms with Crippen molar-refractivity contribution in [1.29, 1.82) is 0 Å². The lowest BCUT2D eigenvalue weighted by Gasteiger charge is -2.33. The molecular weight excluding hydrogens is 232 g/mol. The first-order valence-electron chi connectivity index (χ1n) is 7.61. The highest BCUT2D eigenvalue weighted by molar-refractivity contribution is 5.31. The van der Waals surface area contributed by atoms with Crippen LogP contribution in [0.2, 0.25) is 0 Å². The molecular formula is C17H28N2. The number of likely N-dealkylation sites (N-methyl/N-ethyl adjacent to an activating group) is 1. The van der Waals surface area contributed by atoms with Gasteiger partial charge in [-0.3, -0.25) is 0 Å². The van der Waals surface area contributed by atoms with Crippen LogP contribution >= 0.6 is 0 Å². The molecule has 0 bridgehead atoms. The SMILES string of the molecule is Cc1ccc(C(N)CN(C)C2CCCCC2)cc1C. The minimum Gasteiger partial charge on any atom is -0.323 e. The molecule has 1 aliphatic carbocycles. The molecule has 2 rings (SSSR count). The quantitative estimate of drug-likeness (QED) is 0.896. The molecule has 0 aromatic heterocycles. The largest absolute Gasteiger partial charge is 0.323 e. The maximum absolute atomic E-state index is 6.38. The molecule has 1 unspecified atom stereocenters. The van der Waals surface area contributed by atoms with Crippen molar-refractivity contribution < 1.29 is 0 Å². The molecule has 0 spiro atoms. The molecule has 19 heavy (non-hydrogen) atoms. The Morgan fingerprint density at radius 3 is 2.47 bits per heavy atom. The minimum absolute atomic E-state index is 0.131. The van der Waals surface area contributed by atoms with Crippen molar-refractivity contribution in [3.8, 4) is 0 Å². The second-order valence-electron chi connectivity index (χ2n) is 6.18. The Bertz CT molecular complexity index is 408. The summed E-state index contributed by atoms with van der Waals surface area (Å²) < 4.78 is 0. The first-order chi connectivity index (χ1) is 9.08. The molecule has 1 atom stereocenters. The van der Waals surface area contributed by atoms with E-state index in [1.165, 1.54) is 48.8 Å². The Hall–Kier alpha value is -0.860. The van der Waals surface area contributed by atoms with Crippen LogP contribution in [0, 0.1) is 13.8 Å². The van der Waals surface area contributed by atoms with E-state index >= 15 is 0 Å². The second-order valence-corrected chi connectivity index (χ2v) is 6.18. The first-order valence-corrected chi connectivity index (χ1v) is 7.61. The summed E-state index contributed by atoms with van der Waals surface area (Å²) in [6, 6.07) is 7.49. The Labute approximate surface area is 118 Å². The number of benzene rings is 1. The van der Waals surface area contributed by atoms with E-state index in [0.717, 1.165) is 12.6 Å². The molecule has 106 valence electrons. The van der Waals surface area contributed by atoms with Gasteiger partial charge in [-0.15, -0.1) is 0 Å². The van der Waals surface area contributed by atoms with E-state index in [2.05, 4.69) is 44.0 Å². The van der Waals surface area contributed by atoms with Crippen molar-refractivity contribution in [3.63, 3.8) is 0 Å². The summed E-state index contributed by atoms with van der Waals surface area (Å²) in [4.78, 5) is 2.47. The molecule has 0 aliphatic heterocycles. The van der Waals surface area contributed by atoms with Crippen LogP contribution in [0.1, 0.15) is 54.8 Å². The minimum atomic E-state index is 0.131. The van der Waals surface area contributed by atoms with Crippen molar-refractivity contribution in [2.24, 2.45) is 5.73 Å². The van der Waals surface area contributed by atoms with Crippen molar-refractivity contribution in [1.82, 2.24) is 4.90 Å². The molecule has 2 N–H and O–H groups in total. The fraction of sp³-hybridized carbons (Fsp3) is 0.647. The third-order valence-electron chi connectivity index (χ3n) is 4.64. The topological polar surface area (TPSA) is 29.3 Å². The molecule has 0 heterocycles. The van der Waals surface area contributed by atoms with Crippen LogP contribution in [-0.2, 0) is 0 Å². The van der Waals surface area contributed by atoms with Gasteiger partial charge in [-0.1, -0.05) is 37.5 Å². The number of nitrogens with zero attached hydrogens (tertiary/aromatic N) is 1. The number of aryl methyl sites for hydroxylation is 2. The van der Waals surface area contributed by atoms with Crippen LogP contribution < -0.4 is 5.73 Å². The molecule has 0 saturated heterocycles. The Morgan fingerprint density at radius 2 is 1.84 bits per heavy atom. The van der Waals surface area contributed by atoms with Crippen LogP contribution in [0.4, 0.5) is 0 Å². The monoisotopic (exact) mass is 260 g/mol. The molecule has 0 amide bonds. The number of hydrogen-bond donors (Lipinski definition) is 1. The van der Waals surface area contributed by atoms with Gasteiger partial charge in [-0.05, 0) is 50.4 Å². The fourth-order valence-corrected chi connectivity index (χ4v) is 3.08. The van der Waals surface area contributed by atoms with Gasteiger partial charge in [0.15, 0.2) is 0 Å². The lowest BCUT2D eigenvalue weighted by atomic mass is 9.93. The highest BCUT2D eigenvalue weighted by atomic mass is 15.1. The summed E-state index contributed by atoms with van der Waals surface area (Å²) in [5.74, 6) is 0. The smallest absolute Gasteiger partial charge is 0.0424 e.